The smallest absolute Gasteiger partial charge is 0.271 e. The highest BCUT2D eigenvalue weighted by atomic mass is 35.5. The Labute approximate surface area is 203 Å². The van der Waals surface area contributed by atoms with Crippen LogP contribution in [0.2, 0.25) is 5.02 Å². The normalized spacial score (nSPS) is 10.6. The Balaban J connectivity index is 1.67. The lowest BCUT2D eigenvalue weighted by molar-refractivity contribution is 0.0954. The predicted octanol–water partition coefficient (Wildman–Crippen LogP) is 4.72. The molecular formula is C25H25ClN2O6. The van der Waals surface area contributed by atoms with E-state index < -0.39 is 5.91 Å². The predicted molar refractivity (Wildman–Crippen MR) is 130 cm³/mol. The summed E-state index contributed by atoms with van der Waals surface area (Å²) < 4.78 is 27.1. The van der Waals surface area contributed by atoms with Gasteiger partial charge in [0, 0.05) is 10.6 Å². The van der Waals surface area contributed by atoms with Crippen molar-refractivity contribution in [1.29, 1.82) is 0 Å². The van der Waals surface area contributed by atoms with Gasteiger partial charge in [0.05, 0.1) is 34.7 Å². The van der Waals surface area contributed by atoms with Gasteiger partial charge in [0.25, 0.3) is 5.91 Å². The van der Waals surface area contributed by atoms with E-state index in [-0.39, 0.29) is 0 Å². The third-order valence-corrected chi connectivity index (χ3v) is 5.05. The number of hydrogen-bond donors (Lipinski definition) is 1. The van der Waals surface area contributed by atoms with Crippen molar-refractivity contribution in [3.05, 3.63) is 76.3 Å². The minimum absolute atomic E-state index is 0.301. The van der Waals surface area contributed by atoms with E-state index in [4.69, 9.17) is 35.3 Å². The molecule has 3 aromatic carbocycles. The number of carbonyl (C=O) groups excluding carboxylic acids is 1. The molecule has 0 aliphatic carbocycles. The fourth-order valence-electron chi connectivity index (χ4n) is 3.07. The summed E-state index contributed by atoms with van der Waals surface area (Å²) in [7, 11) is 6.00. The molecule has 8 nitrogen and oxygen atoms in total. The average Bonchev–Trinajstić information content (AvgIpc) is 2.87. The number of ether oxygens (including phenoxy) is 5. The van der Waals surface area contributed by atoms with E-state index in [0.717, 1.165) is 5.56 Å². The van der Waals surface area contributed by atoms with Crippen LogP contribution in [0.4, 0.5) is 0 Å². The summed E-state index contributed by atoms with van der Waals surface area (Å²) in [5.41, 5.74) is 4.48. The molecule has 0 heterocycles. The standard InChI is InChI=1S/C25H25ClN2O6/c1-30-21-11-17(7-10-20(21)34-15-16-5-8-19(26)9-6-16)14-27-28-25(29)18-12-22(31-2)24(33-4)23(13-18)32-3/h5-14H,15H2,1-4H3,(H,28,29)/b27-14-. The molecule has 34 heavy (non-hydrogen) atoms. The SMILES string of the molecule is COc1cc(/C=N\NC(=O)c2cc(OC)c(OC)c(OC)c2)ccc1OCc1ccc(Cl)cc1. The minimum Gasteiger partial charge on any atom is -0.493 e. The fraction of sp³-hybridized carbons (Fsp3) is 0.200. The van der Waals surface area contributed by atoms with Gasteiger partial charge in [0.1, 0.15) is 6.61 Å². The molecule has 0 saturated heterocycles. The lowest BCUT2D eigenvalue weighted by Crippen LogP contribution is -2.18. The van der Waals surface area contributed by atoms with E-state index in [2.05, 4.69) is 10.5 Å². The van der Waals surface area contributed by atoms with Crippen molar-refractivity contribution < 1.29 is 28.5 Å². The van der Waals surface area contributed by atoms with Gasteiger partial charge in [-0.05, 0) is 53.6 Å². The van der Waals surface area contributed by atoms with E-state index in [9.17, 15) is 4.79 Å². The van der Waals surface area contributed by atoms with Crippen molar-refractivity contribution >= 4 is 23.7 Å². The molecule has 178 valence electrons. The quantitative estimate of drug-likeness (QED) is 0.331. The average molecular weight is 485 g/mol. The summed E-state index contributed by atoms with van der Waals surface area (Å²) in [6.07, 6.45) is 1.50. The molecular weight excluding hydrogens is 460 g/mol. The zero-order valence-electron chi connectivity index (χ0n) is 19.3. The Kier molecular flexibility index (Phi) is 8.59. The Morgan fingerprint density at radius 1 is 0.853 bits per heavy atom. The number of halogens is 1. The van der Waals surface area contributed by atoms with Crippen molar-refractivity contribution in [2.24, 2.45) is 5.10 Å². The zero-order valence-corrected chi connectivity index (χ0v) is 20.0. The lowest BCUT2D eigenvalue weighted by Gasteiger charge is -2.13. The third-order valence-electron chi connectivity index (χ3n) is 4.80. The second kappa shape index (κ2) is 11.8. The van der Waals surface area contributed by atoms with Gasteiger partial charge in [-0.3, -0.25) is 4.79 Å². The fourth-order valence-corrected chi connectivity index (χ4v) is 3.19. The molecule has 0 atom stereocenters. The van der Waals surface area contributed by atoms with Gasteiger partial charge in [-0.25, -0.2) is 5.43 Å². The second-order valence-corrected chi connectivity index (χ2v) is 7.38. The van der Waals surface area contributed by atoms with Crippen LogP contribution in [0.25, 0.3) is 0 Å². The van der Waals surface area contributed by atoms with Crippen LogP contribution in [-0.4, -0.2) is 40.6 Å². The number of nitrogens with zero attached hydrogens (tertiary/aromatic N) is 1. The maximum Gasteiger partial charge on any atom is 0.271 e. The molecule has 0 spiro atoms. The van der Waals surface area contributed by atoms with Crippen molar-refractivity contribution in [2.75, 3.05) is 28.4 Å². The number of nitrogens with one attached hydrogen (secondary N) is 1. The largest absolute Gasteiger partial charge is 0.493 e. The zero-order chi connectivity index (χ0) is 24.5. The first-order chi connectivity index (χ1) is 16.5. The van der Waals surface area contributed by atoms with Crippen LogP contribution >= 0.6 is 11.6 Å². The van der Waals surface area contributed by atoms with Gasteiger partial charge in [0.2, 0.25) is 5.75 Å². The molecule has 3 rings (SSSR count). The van der Waals surface area contributed by atoms with Crippen LogP contribution in [-0.2, 0) is 6.61 Å². The Bertz CT molecular complexity index is 1140. The van der Waals surface area contributed by atoms with Crippen LogP contribution in [0.5, 0.6) is 28.7 Å². The minimum atomic E-state index is -0.439. The van der Waals surface area contributed by atoms with Gasteiger partial charge in [-0.2, -0.15) is 5.10 Å². The molecule has 1 N–H and O–H groups in total. The van der Waals surface area contributed by atoms with E-state index in [0.29, 0.717) is 51.5 Å². The summed E-state index contributed by atoms with van der Waals surface area (Å²) in [5, 5.41) is 4.70. The first-order valence-corrected chi connectivity index (χ1v) is 10.6. The molecule has 0 radical (unpaired) electrons. The summed E-state index contributed by atoms with van der Waals surface area (Å²) >= 11 is 5.91. The number of hydrazone groups is 1. The highest BCUT2D eigenvalue weighted by Gasteiger charge is 2.16. The Morgan fingerprint density at radius 3 is 2.09 bits per heavy atom. The second-order valence-electron chi connectivity index (χ2n) is 6.94. The number of amides is 1. The first-order valence-electron chi connectivity index (χ1n) is 10.2. The van der Waals surface area contributed by atoms with Crippen LogP contribution in [0.3, 0.4) is 0 Å². The van der Waals surface area contributed by atoms with Gasteiger partial charge in [-0.1, -0.05) is 23.7 Å². The van der Waals surface area contributed by atoms with Crippen molar-refractivity contribution in [1.82, 2.24) is 5.43 Å². The molecule has 0 aliphatic rings. The van der Waals surface area contributed by atoms with Crippen molar-refractivity contribution in [2.45, 2.75) is 6.61 Å². The molecule has 9 heteroatoms. The number of methoxy groups -OCH3 is 4. The Morgan fingerprint density at radius 2 is 1.50 bits per heavy atom. The summed E-state index contributed by atoms with van der Waals surface area (Å²) in [4.78, 5) is 12.6. The first kappa shape index (κ1) is 24.7. The molecule has 0 bridgehead atoms. The molecule has 0 aromatic heterocycles. The van der Waals surface area contributed by atoms with E-state index >= 15 is 0 Å². The number of hydrogen-bond acceptors (Lipinski definition) is 7. The number of carbonyl (C=O) groups is 1. The molecule has 3 aromatic rings. The maximum atomic E-state index is 12.6. The van der Waals surface area contributed by atoms with Gasteiger partial charge in [0.15, 0.2) is 23.0 Å². The molecule has 0 unspecified atom stereocenters. The molecule has 0 aliphatic heterocycles. The monoisotopic (exact) mass is 484 g/mol. The van der Waals surface area contributed by atoms with Crippen LogP contribution < -0.4 is 29.1 Å². The number of rotatable bonds is 10. The Hall–Kier alpha value is -3.91. The molecule has 0 saturated carbocycles. The summed E-state index contributed by atoms with van der Waals surface area (Å²) in [5.74, 6) is 1.82. The molecule has 1 amide bonds. The van der Waals surface area contributed by atoms with Crippen LogP contribution in [0.15, 0.2) is 59.7 Å². The molecule has 0 fully saturated rings. The highest BCUT2D eigenvalue weighted by Crippen LogP contribution is 2.38. The highest BCUT2D eigenvalue weighted by molar-refractivity contribution is 6.30. The summed E-state index contributed by atoms with van der Waals surface area (Å²) in [6.45, 7) is 0.367. The van der Waals surface area contributed by atoms with E-state index in [1.54, 1.807) is 37.4 Å². The van der Waals surface area contributed by atoms with Gasteiger partial charge in [-0.15, -0.1) is 0 Å². The van der Waals surface area contributed by atoms with Gasteiger partial charge >= 0.3 is 0 Å². The lowest BCUT2D eigenvalue weighted by atomic mass is 10.1. The van der Waals surface area contributed by atoms with Gasteiger partial charge < -0.3 is 23.7 Å². The van der Waals surface area contributed by atoms with E-state index in [1.165, 1.54) is 27.5 Å². The number of benzene rings is 3. The van der Waals surface area contributed by atoms with Crippen molar-refractivity contribution in [3.8, 4) is 28.7 Å². The maximum absolute atomic E-state index is 12.6. The van der Waals surface area contributed by atoms with Crippen molar-refractivity contribution in [3.63, 3.8) is 0 Å². The van der Waals surface area contributed by atoms with Crippen LogP contribution in [0, 0.1) is 0 Å². The summed E-state index contributed by atoms with van der Waals surface area (Å²) in [6, 6.07) is 15.8. The third kappa shape index (κ3) is 6.11. The topological polar surface area (TPSA) is 87.6 Å². The van der Waals surface area contributed by atoms with Crippen LogP contribution in [0.1, 0.15) is 21.5 Å². The van der Waals surface area contributed by atoms with E-state index in [1.807, 2.05) is 24.3 Å².